The molecule has 0 saturated carbocycles. The Morgan fingerprint density at radius 3 is 2.59 bits per heavy atom. The number of methoxy groups -OCH3 is 1. The summed E-state index contributed by atoms with van der Waals surface area (Å²) in [6.45, 7) is 3.64. The zero-order valence-corrected chi connectivity index (χ0v) is 10.8. The number of carbonyl (C=O) groups excluding carboxylic acids is 1. The molecule has 5 heteroatoms. The van der Waals surface area contributed by atoms with Crippen molar-refractivity contribution in [2.24, 2.45) is 0 Å². The molecule has 0 aliphatic carbocycles. The lowest BCUT2D eigenvalue weighted by molar-refractivity contribution is 0.0597. The molecule has 0 unspecified atom stereocenters. The highest BCUT2D eigenvalue weighted by Gasteiger charge is 2.43. The van der Waals surface area contributed by atoms with Gasteiger partial charge in [-0.3, -0.25) is 0 Å². The van der Waals surface area contributed by atoms with Gasteiger partial charge < -0.3 is 4.74 Å². The SMILES string of the molecule is COC(=O)c1cccc2c1C(C)(C)CS2(=O)=O. The molecule has 92 valence electrons. The molecule has 0 bridgehead atoms. The molecule has 0 spiro atoms. The Kier molecular flexibility index (Phi) is 2.54. The quantitative estimate of drug-likeness (QED) is 0.713. The van der Waals surface area contributed by atoms with Crippen molar-refractivity contribution in [2.45, 2.75) is 24.2 Å². The van der Waals surface area contributed by atoms with Crippen molar-refractivity contribution < 1.29 is 17.9 Å². The van der Waals surface area contributed by atoms with Crippen LogP contribution < -0.4 is 0 Å². The van der Waals surface area contributed by atoms with E-state index in [9.17, 15) is 13.2 Å². The van der Waals surface area contributed by atoms with E-state index in [-0.39, 0.29) is 10.6 Å². The zero-order chi connectivity index (χ0) is 12.8. The van der Waals surface area contributed by atoms with Crippen LogP contribution in [0.15, 0.2) is 23.1 Å². The molecular weight excluding hydrogens is 240 g/mol. The fourth-order valence-corrected chi connectivity index (χ4v) is 4.63. The maximum Gasteiger partial charge on any atom is 0.338 e. The standard InChI is InChI=1S/C12H14O4S/c1-12(2)7-17(14,15)9-6-4-5-8(10(9)12)11(13)16-3/h4-6H,7H2,1-3H3. The summed E-state index contributed by atoms with van der Waals surface area (Å²) in [5.41, 5.74) is 0.363. The molecule has 0 fully saturated rings. The number of esters is 1. The first-order valence-electron chi connectivity index (χ1n) is 5.24. The van der Waals surface area contributed by atoms with Gasteiger partial charge in [0, 0.05) is 5.41 Å². The van der Waals surface area contributed by atoms with Gasteiger partial charge in [0.15, 0.2) is 9.84 Å². The van der Waals surface area contributed by atoms with Crippen LogP contribution in [0.25, 0.3) is 0 Å². The third kappa shape index (κ3) is 1.74. The third-order valence-electron chi connectivity index (χ3n) is 2.99. The maximum atomic E-state index is 12.0. The molecular formula is C12H14O4S. The van der Waals surface area contributed by atoms with E-state index in [0.717, 1.165) is 0 Å². The minimum Gasteiger partial charge on any atom is -0.465 e. The monoisotopic (exact) mass is 254 g/mol. The maximum absolute atomic E-state index is 12.0. The van der Waals surface area contributed by atoms with E-state index in [2.05, 4.69) is 4.74 Å². The van der Waals surface area contributed by atoms with Crippen molar-refractivity contribution in [3.05, 3.63) is 29.3 Å². The van der Waals surface area contributed by atoms with Crippen molar-refractivity contribution in [1.82, 2.24) is 0 Å². The predicted molar refractivity (Wildman–Crippen MR) is 62.9 cm³/mol. The van der Waals surface area contributed by atoms with E-state index in [1.54, 1.807) is 18.2 Å². The van der Waals surface area contributed by atoms with Gasteiger partial charge in [-0.1, -0.05) is 19.9 Å². The van der Waals surface area contributed by atoms with Crippen LogP contribution in [0, 0.1) is 0 Å². The number of rotatable bonds is 1. The third-order valence-corrected chi connectivity index (χ3v) is 5.11. The normalized spacial score (nSPS) is 19.7. The molecule has 1 aliphatic heterocycles. The van der Waals surface area contributed by atoms with Crippen molar-refractivity contribution in [3.63, 3.8) is 0 Å². The molecule has 1 aromatic rings. The summed E-state index contributed by atoms with van der Waals surface area (Å²) in [5.74, 6) is -0.462. The second-order valence-corrected chi connectivity index (χ2v) is 6.77. The van der Waals surface area contributed by atoms with Crippen LogP contribution in [0.4, 0.5) is 0 Å². The van der Waals surface area contributed by atoms with Crippen LogP contribution in [0.2, 0.25) is 0 Å². The summed E-state index contributed by atoms with van der Waals surface area (Å²) in [6.07, 6.45) is 0. The van der Waals surface area contributed by atoms with Gasteiger partial charge in [-0.15, -0.1) is 0 Å². The molecule has 2 rings (SSSR count). The molecule has 0 N–H and O–H groups in total. The molecule has 0 aromatic heterocycles. The van der Waals surface area contributed by atoms with E-state index in [1.165, 1.54) is 7.11 Å². The van der Waals surface area contributed by atoms with Crippen molar-refractivity contribution >= 4 is 15.8 Å². The smallest absolute Gasteiger partial charge is 0.338 e. The lowest BCUT2D eigenvalue weighted by Crippen LogP contribution is -2.22. The summed E-state index contributed by atoms with van der Waals surface area (Å²) in [6, 6.07) is 4.73. The molecule has 1 aliphatic rings. The van der Waals surface area contributed by atoms with Crippen LogP contribution >= 0.6 is 0 Å². The van der Waals surface area contributed by atoms with Gasteiger partial charge in [-0.2, -0.15) is 0 Å². The summed E-state index contributed by atoms with van der Waals surface area (Å²) in [5, 5.41) is 0. The Morgan fingerprint density at radius 2 is 2.00 bits per heavy atom. The molecule has 17 heavy (non-hydrogen) atoms. The summed E-state index contributed by atoms with van der Waals surface area (Å²) in [4.78, 5) is 11.9. The summed E-state index contributed by atoms with van der Waals surface area (Å²) >= 11 is 0. The number of sulfone groups is 1. The van der Waals surface area contributed by atoms with E-state index in [0.29, 0.717) is 11.1 Å². The Labute approximate surface area is 101 Å². The Balaban J connectivity index is 2.79. The number of ether oxygens (including phenoxy) is 1. The first-order chi connectivity index (χ1) is 7.79. The van der Waals surface area contributed by atoms with Gasteiger partial charge in [0.1, 0.15) is 0 Å². The van der Waals surface area contributed by atoms with Crippen LogP contribution in [-0.4, -0.2) is 27.2 Å². The van der Waals surface area contributed by atoms with Gasteiger partial charge in [0.05, 0.1) is 23.3 Å². The Morgan fingerprint density at radius 1 is 1.35 bits per heavy atom. The molecule has 0 amide bonds. The second kappa shape index (κ2) is 3.57. The molecule has 0 atom stereocenters. The van der Waals surface area contributed by atoms with Gasteiger partial charge in [-0.05, 0) is 17.7 Å². The number of hydrogen-bond donors (Lipinski definition) is 0. The number of benzene rings is 1. The number of carbonyl (C=O) groups is 1. The summed E-state index contributed by atoms with van der Waals surface area (Å²) < 4.78 is 28.6. The van der Waals surface area contributed by atoms with Crippen LogP contribution in [0.5, 0.6) is 0 Å². The molecule has 4 nitrogen and oxygen atoms in total. The van der Waals surface area contributed by atoms with E-state index in [4.69, 9.17) is 0 Å². The van der Waals surface area contributed by atoms with Crippen molar-refractivity contribution in [3.8, 4) is 0 Å². The predicted octanol–water partition coefficient (Wildman–Crippen LogP) is 1.54. The van der Waals surface area contributed by atoms with E-state index < -0.39 is 21.2 Å². The molecule has 1 aromatic carbocycles. The Hall–Kier alpha value is -1.36. The van der Waals surface area contributed by atoms with Crippen molar-refractivity contribution in [1.29, 1.82) is 0 Å². The fourth-order valence-electron chi connectivity index (χ4n) is 2.39. The minimum atomic E-state index is -3.29. The van der Waals surface area contributed by atoms with E-state index in [1.807, 2.05) is 13.8 Å². The highest BCUT2D eigenvalue weighted by atomic mass is 32.2. The Bertz CT molecular complexity index is 585. The largest absolute Gasteiger partial charge is 0.465 e. The number of hydrogen-bond acceptors (Lipinski definition) is 4. The lowest BCUT2D eigenvalue weighted by Gasteiger charge is -2.19. The first kappa shape index (κ1) is 12.1. The average Bonchev–Trinajstić information content (AvgIpc) is 2.44. The van der Waals surface area contributed by atoms with Gasteiger partial charge in [-0.25, -0.2) is 13.2 Å². The van der Waals surface area contributed by atoms with Gasteiger partial charge >= 0.3 is 5.97 Å². The zero-order valence-electron chi connectivity index (χ0n) is 9.98. The highest BCUT2D eigenvalue weighted by molar-refractivity contribution is 7.91. The first-order valence-corrected chi connectivity index (χ1v) is 6.89. The van der Waals surface area contributed by atoms with Crippen molar-refractivity contribution in [2.75, 3.05) is 12.9 Å². The minimum absolute atomic E-state index is 0.0311. The number of fused-ring (bicyclic) bond motifs is 1. The topological polar surface area (TPSA) is 60.4 Å². The van der Waals surface area contributed by atoms with Gasteiger partial charge in [0.25, 0.3) is 0 Å². The van der Waals surface area contributed by atoms with Crippen LogP contribution in [-0.2, 0) is 20.0 Å². The molecule has 0 saturated heterocycles. The molecule has 1 heterocycles. The fraction of sp³-hybridized carbons (Fsp3) is 0.417. The molecule has 0 radical (unpaired) electrons. The second-order valence-electron chi connectivity index (χ2n) is 4.81. The van der Waals surface area contributed by atoms with Crippen LogP contribution in [0.1, 0.15) is 29.8 Å². The highest BCUT2D eigenvalue weighted by Crippen LogP contribution is 2.41. The average molecular weight is 254 g/mol. The van der Waals surface area contributed by atoms with Gasteiger partial charge in [0.2, 0.25) is 0 Å². The van der Waals surface area contributed by atoms with Crippen LogP contribution in [0.3, 0.4) is 0 Å². The lowest BCUT2D eigenvalue weighted by atomic mass is 9.84. The summed E-state index contributed by atoms with van der Waals surface area (Å²) in [7, 11) is -2.00. The van der Waals surface area contributed by atoms with E-state index >= 15 is 0 Å².